The minimum Gasteiger partial charge on any atom is -0.457 e. The number of halogens is 2. The van der Waals surface area contributed by atoms with E-state index in [9.17, 15) is 18.4 Å². The van der Waals surface area contributed by atoms with Gasteiger partial charge in [-0.3, -0.25) is 4.79 Å². The molecule has 24 heavy (non-hydrogen) atoms. The van der Waals surface area contributed by atoms with Gasteiger partial charge in [0.15, 0.2) is 11.6 Å². The monoisotopic (exact) mass is 350 g/mol. The zero-order valence-electron chi connectivity index (χ0n) is 12.8. The molecule has 0 radical (unpaired) electrons. The number of hydrogen-bond acceptors (Lipinski definition) is 5. The van der Waals surface area contributed by atoms with E-state index >= 15 is 0 Å². The normalized spacial score (nSPS) is 11.0. The van der Waals surface area contributed by atoms with E-state index in [0.717, 1.165) is 17.4 Å². The summed E-state index contributed by atoms with van der Waals surface area (Å²) in [5, 5.41) is 0.328. The van der Waals surface area contributed by atoms with E-state index in [2.05, 4.69) is 9.97 Å². The highest BCUT2D eigenvalue weighted by molar-refractivity contribution is 7.20. The Morgan fingerprint density at radius 2 is 2.08 bits per heavy atom. The molecule has 0 saturated carbocycles. The lowest BCUT2D eigenvalue weighted by Crippen LogP contribution is -2.10. The fourth-order valence-corrected chi connectivity index (χ4v) is 3.44. The SMILES string of the molecule is Cc1nc2sc(C(=O)OCc3cccc(F)c3F)c(C)c2c(=O)[nH]1. The van der Waals surface area contributed by atoms with E-state index in [0.29, 0.717) is 21.6 Å². The fourth-order valence-electron chi connectivity index (χ4n) is 2.31. The molecule has 0 aliphatic heterocycles. The molecule has 2 aromatic heterocycles. The first kappa shape index (κ1) is 16.3. The number of aryl methyl sites for hydroxylation is 2. The number of rotatable bonds is 3. The van der Waals surface area contributed by atoms with Crippen molar-refractivity contribution in [2.75, 3.05) is 0 Å². The molecule has 8 heteroatoms. The average Bonchev–Trinajstić information content (AvgIpc) is 2.85. The van der Waals surface area contributed by atoms with Crippen molar-refractivity contribution >= 4 is 27.5 Å². The van der Waals surface area contributed by atoms with Crippen LogP contribution >= 0.6 is 11.3 Å². The summed E-state index contributed by atoms with van der Waals surface area (Å²) in [6.07, 6.45) is 0. The number of fused-ring (bicyclic) bond motifs is 1. The van der Waals surface area contributed by atoms with Gasteiger partial charge >= 0.3 is 5.97 Å². The number of carbonyl (C=O) groups is 1. The van der Waals surface area contributed by atoms with Gasteiger partial charge in [0.2, 0.25) is 0 Å². The van der Waals surface area contributed by atoms with Crippen LogP contribution < -0.4 is 5.56 Å². The third-order valence-electron chi connectivity index (χ3n) is 3.49. The molecule has 0 atom stereocenters. The van der Waals surface area contributed by atoms with Crippen LogP contribution in [0.5, 0.6) is 0 Å². The third-order valence-corrected chi connectivity index (χ3v) is 4.66. The van der Waals surface area contributed by atoms with Gasteiger partial charge in [0.1, 0.15) is 22.1 Å². The summed E-state index contributed by atoms with van der Waals surface area (Å²) >= 11 is 1.03. The highest BCUT2D eigenvalue weighted by Crippen LogP contribution is 2.28. The van der Waals surface area contributed by atoms with Crippen LogP contribution in [0.1, 0.15) is 26.6 Å². The van der Waals surface area contributed by atoms with Crippen molar-refractivity contribution in [3.63, 3.8) is 0 Å². The average molecular weight is 350 g/mol. The Balaban J connectivity index is 1.89. The second-order valence-electron chi connectivity index (χ2n) is 5.18. The maximum absolute atomic E-state index is 13.6. The molecule has 0 bridgehead atoms. The molecule has 0 unspecified atom stereocenters. The molecule has 2 heterocycles. The first-order chi connectivity index (χ1) is 11.4. The third kappa shape index (κ3) is 2.80. The molecular formula is C16H12F2N2O3S. The first-order valence-electron chi connectivity index (χ1n) is 6.98. The molecule has 0 amide bonds. The summed E-state index contributed by atoms with van der Waals surface area (Å²) in [4.78, 5) is 31.6. The van der Waals surface area contributed by atoms with Gasteiger partial charge in [-0.1, -0.05) is 12.1 Å². The molecule has 3 rings (SSSR count). The molecule has 124 valence electrons. The number of ether oxygens (including phenoxy) is 1. The summed E-state index contributed by atoms with van der Waals surface area (Å²) in [6.45, 7) is 2.85. The number of benzene rings is 1. The highest BCUT2D eigenvalue weighted by Gasteiger charge is 2.20. The first-order valence-corrected chi connectivity index (χ1v) is 7.80. The number of H-pyrrole nitrogens is 1. The van der Waals surface area contributed by atoms with Crippen molar-refractivity contribution in [1.29, 1.82) is 0 Å². The standard InChI is InChI=1S/C16H12F2N2O3S/c1-7-11-14(21)19-8(2)20-15(11)24-13(7)16(22)23-6-9-4-3-5-10(17)12(9)18/h3-5H,6H2,1-2H3,(H,19,20,21). The minimum atomic E-state index is -1.05. The molecule has 1 N–H and O–H groups in total. The number of hydrogen-bond donors (Lipinski definition) is 1. The van der Waals surface area contributed by atoms with Crippen LogP contribution in [0.2, 0.25) is 0 Å². The molecule has 0 aliphatic carbocycles. The van der Waals surface area contributed by atoms with Crippen LogP contribution in [-0.4, -0.2) is 15.9 Å². The zero-order chi connectivity index (χ0) is 17.4. The molecule has 1 aromatic carbocycles. The summed E-state index contributed by atoms with van der Waals surface area (Å²) in [5.41, 5.74) is 0.0591. The Bertz CT molecular complexity index is 1010. The topological polar surface area (TPSA) is 72.0 Å². The van der Waals surface area contributed by atoms with Crippen LogP contribution in [-0.2, 0) is 11.3 Å². The Labute approximate surface area is 138 Å². The van der Waals surface area contributed by atoms with Crippen molar-refractivity contribution in [3.8, 4) is 0 Å². The molecule has 5 nitrogen and oxygen atoms in total. The predicted octanol–water partition coefficient (Wildman–Crippen LogP) is 3.24. The van der Waals surface area contributed by atoms with Crippen LogP contribution in [0.15, 0.2) is 23.0 Å². The largest absolute Gasteiger partial charge is 0.457 e. The van der Waals surface area contributed by atoms with E-state index in [1.165, 1.54) is 12.1 Å². The summed E-state index contributed by atoms with van der Waals surface area (Å²) in [6, 6.07) is 3.65. The number of esters is 1. The summed E-state index contributed by atoms with van der Waals surface area (Å²) in [5.74, 6) is -2.33. The maximum atomic E-state index is 13.6. The van der Waals surface area contributed by atoms with Gasteiger partial charge in [-0.05, 0) is 25.5 Å². The Hall–Kier alpha value is -2.61. The molecule has 3 aromatic rings. The minimum absolute atomic E-state index is 0.0612. The predicted molar refractivity (Wildman–Crippen MR) is 85.2 cm³/mol. The Kier molecular flexibility index (Phi) is 4.15. The number of aromatic amines is 1. The number of carbonyl (C=O) groups excluding carboxylic acids is 1. The van der Waals surface area contributed by atoms with Gasteiger partial charge in [0, 0.05) is 5.56 Å². The van der Waals surface area contributed by atoms with Gasteiger partial charge in [-0.2, -0.15) is 0 Å². The molecule has 0 aliphatic rings. The number of nitrogens with one attached hydrogen (secondary N) is 1. The second-order valence-corrected chi connectivity index (χ2v) is 6.18. The van der Waals surface area contributed by atoms with Gasteiger partial charge in [0.05, 0.1) is 5.39 Å². The summed E-state index contributed by atoms with van der Waals surface area (Å²) in [7, 11) is 0. The van der Waals surface area contributed by atoms with Gasteiger partial charge < -0.3 is 9.72 Å². The lowest BCUT2D eigenvalue weighted by molar-refractivity contribution is 0.0473. The van der Waals surface area contributed by atoms with Gasteiger partial charge in [-0.15, -0.1) is 11.3 Å². The number of thiophene rings is 1. The van der Waals surface area contributed by atoms with Gasteiger partial charge in [-0.25, -0.2) is 18.6 Å². The van der Waals surface area contributed by atoms with Crippen molar-refractivity contribution in [1.82, 2.24) is 9.97 Å². The van der Waals surface area contributed by atoms with Crippen molar-refractivity contribution in [2.45, 2.75) is 20.5 Å². The maximum Gasteiger partial charge on any atom is 0.349 e. The van der Waals surface area contributed by atoms with Crippen molar-refractivity contribution in [3.05, 3.63) is 62.0 Å². The highest BCUT2D eigenvalue weighted by atomic mass is 32.1. The van der Waals surface area contributed by atoms with E-state index in [-0.39, 0.29) is 16.0 Å². The van der Waals surface area contributed by atoms with E-state index in [4.69, 9.17) is 4.74 Å². The zero-order valence-corrected chi connectivity index (χ0v) is 13.6. The van der Waals surface area contributed by atoms with E-state index < -0.39 is 24.2 Å². The molecule has 0 spiro atoms. The van der Waals surface area contributed by atoms with Crippen LogP contribution in [0, 0.1) is 25.5 Å². The lowest BCUT2D eigenvalue weighted by atomic mass is 10.2. The smallest absolute Gasteiger partial charge is 0.349 e. The van der Waals surface area contributed by atoms with Crippen LogP contribution in [0.25, 0.3) is 10.2 Å². The lowest BCUT2D eigenvalue weighted by Gasteiger charge is -2.05. The van der Waals surface area contributed by atoms with E-state index in [1.54, 1.807) is 13.8 Å². The van der Waals surface area contributed by atoms with Crippen LogP contribution in [0.3, 0.4) is 0 Å². The quantitative estimate of drug-likeness (QED) is 0.736. The van der Waals surface area contributed by atoms with E-state index in [1.807, 2.05) is 0 Å². The fraction of sp³-hybridized carbons (Fsp3) is 0.188. The van der Waals surface area contributed by atoms with Crippen molar-refractivity contribution in [2.24, 2.45) is 0 Å². The number of nitrogens with zero attached hydrogens (tertiary/aromatic N) is 1. The summed E-state index contributed by atoms with van der Waals surface area (Å²) < 4.78 is 31.8. The second kappa shape index (κ2) is 6.12. The molecular weight excluding hydrogens is 338 g/mol. The Morgan fingerprint density at radius 3 is 2.83 bits per heavy atom. The van der Waals surface area contributed by atoms with Gasteiger partial charge in [0.25, 0.3) is 5.56 Å². The molecule has 0 saturated heterocycles. The van der Waals surface area contributed by atoms with Crippen molar-refractivity contribution < 1.29 is 18.3 Å². The molecule has 0 fully saturated rings. The Morgan fingerprint density at radius 1 is 1.33 bits per heavy atom. The number of aromatic nitrogens is 2. The van der Waals surface area contributed by atoms with Crippen LogP contribution in [0.4, 0.5) is 8.78 Å².